The molecular formula is C14H14N4. The monoisotopic (exact) mass is 238 g/mol. The number of nitrogens with zero attached hydrogens (tertiary/aromatic N) is 3. The Hall–Kier alpha value is -2.54. The molecule has 2 aromatic rings. The van der Waals surface area contributed by atoms with Gasteiger partial charge in [0.2, 0.25) is 0 Å². The number of nitrogens with two attached hydrogens (primary N) is 1. The molecule has 0 aliphatic rings. The van der Waals surface area contributed by atoms with Gasteiger partial charge in [-0.25, -0.2) is 4.98 Å². The molecule has 90 valence electrons. The van der Waals surface area contributed by atoms with Gasteiger partial charge in [-0.2, -0.15) is 5.26 Å². The summed E-state index contributed by atoms with van der Waals surface area (Å²) in [5.74, 6) is 0.477. The van der Waals surface area contributed by atoms with Crippen LogP contribution in [0.25, 0.3) is 0 Å². The summed E-state index contributed by atoms with van der Waals surface area (Å²) in [6.07, 6.45) is 2.13. The van der Waals surface area contributed by atoms with Crippen LogP contribution >= 0.6 is 0 Å². The fourth-order valence-electron chi connectivity index (χ4n) is 1.78. The van der Waals surface area contributed by atoms with Gasteiger partial charge in [0.1, 0.15) is 5.82 Å². The zero-order valence-corrected chi connectivity index (χ0v) is 9.95. The normalized spacial score (nSPS) is 9.72. The Balaban J connectivity index is 2.34. The summed E-state index contributed by atoms with van der Waals surface area (Å²) in [5.41, 5.74) is 7.69. The van der Waals surface area contributed by atoms with Gasteiger partial charge >= 0.3 is 0 Å². The maximum absolute atomic E-state index is 8.75. The molecule has 0 aliphatic heterocycles. The minimum atomic E-state index is 0.455. The van der Waals surface area contributed by atoms with Crippen LogP contribution in [0.2, 0.25) is 0 Å². The minimum absolute atomic E-state index is 0.455. The Morgan fingerprint density at radius 3 is 2.61 bits per heavy atom. The summed E-state index contributed by atoms with van der Waals surface area (Å²) in [5, 5.41) is 8.75. The SMILES string of the molecule is N#CCCN(c1ccccc1)c1ccnc(N)c1. The first-order chi connectivity index (χ1) is 8.81. The average Bonchev–Trinajstić information content (AvgIpc) is 2.40. The molecule has 0 spiro atoms. The molecular weight excluding hydrogens is 224 g/mol. The van der Waals surface area contributed by atoms with Crippen LogP contribution in [0, 0.1) is 11.3 Å². The van der Waals surface area contributed by atoms with E-state index in [0.717, 1.165) is 11.4 Å². The van der Waals surface area contributed by atoms with Crippen molar-refractivity contribution in [1.82, 2.24) is 4.98 Å². The second kappa shape index (κ2) is 5.69. The van der Waals surface area contributed by atoms with Gasteiger partial charge < -0.3 is 10.6 Å². The highest BCUT2D eigenvalue weighted by Crippen LogP contribution is 2.25. The van der Waals surface area contributed by atoms with E-state index >= 15 is 0 Å². The van der Waals surface area contributed by atoms with Gasteiger partial charge in [0.15, 0.2) is 0 Å². The van der Waals surface area contributed by atoms with E-state index in [1.165, 1.54) is 0 Å². The summed E-state index contributed by atoms with van der Waals surface area (Å²) in [6.45, 7) is 0.629. The van der Waals surface area contributed by atoms with Crippen molar-refractivity contribution >= 4 is 17.2 Å². The molecule has 2 rings (SSSR count). The van der Waals surface area contributed by atoms with Crippen LogP contribution in [0.4, 0.5) is 17.2 Å². The first-order valence-corrected chi connectivity index (χ1v) is 5.72. The maximum atomic E-state index is 8.75. The van der Waals surface area contributed by atoms with Crippen molar-refractivity contribution in [1.29, 1.82) is 5.26 Å². The average molecular weight is 238 g/mol. The van der Waals surface area contributed by atoms with Crippen LogP contribution in [0.3, 0.4) is 0 Å². The van der Waals surface area contributed by atoms with E-state index < -0.39 is 0 Å². The van der Waals surface area contributed by atoms with E-state index in [-0.39, 0.29) is 0 Å². The fraction of sp³-hybridized carbons (Fsp3) is 0.143. The van der Waals surface area contributed by atoms with Gasteiger partial charge in [0.25, 0.3) is 0 Å². The Morgan fingerprint density at radius 1 is 1.17 bits per heavy atom. The zero-order valence-electron chi connectivity index (χ0n) is 9.95. The van der Waals surface area contributed by atoms with E-state index in [1.807, 2.05) is 42.5 Å². The molecule has 0 fully saturated rings. The highest BCUT2D eigenvalue weighted by atomic mass is 15.1. The van der Waals surface area contributed by atoms with Crippen molar-refractivity contribution in [2.24, 2.45) is 0 Å². The lowest BCUT2D eigenvalue weighted by Crippen LogP contribution is -2.18. The van der Waals surface area contributed by atoms with E-state index in [4.69, 9.17) is 11.0 Å². The first kappa shape index (κ1) is 11.9. The van der Waals surface area contributed by atoms with Gasteiger partial charge in [-0.15, -0.1) is 0 Å². The topological polar surface area (TPSA) is 65.9 Å². The largest absolute Gasteiger partial charge is 0.384 e. The van der Waals surface area contributed by atoms with E-state index in [2.05, 4.69) is 16.0 Å². The maximum Gasteiger partial charge on any atom is 0.125 e. The lowest BCUT2D eigenvalue weighted by atomic mass is 10.2. The van der Waals surface area contributed by atoms with Gasteiger partial charge in [0, 0.05) is 30.2 Å². The molecule has 2 N–H and O–H groups in total. The third-order valence-electron chi connectivity index (χ3n) is 2.59. The quantitative estimate of drug-likeness (QED) is 0.889. The summed E-state index contributed by atoms with van der Waals surface area (Å²) >= 11 is 0. The third kappa shape index (κ3) is 2.77. The molecule has 1 aromatic carbocycles. The molecule has 1 aromatic heterocycles. The van der Waals surface area contributed by atoms with E-state index in [1.54, 1.807) is 6.20 Å². The Labute approximate surface area is 106 Å². The highest BCUT2D eigenvalue weighted by molar-refractivity contribution is 5.64. The molecule has 0 unspecified atom stereocenters. The van der Waals surface area contributed by atoms with Crippen LogP contribution in [-0.4, -0.2) is 11.5 Å². The predicted molar refractivity (Wildman–Crippen MR) is 72.3 cm³/mol. The fourth-order valence-corrected chi connectivity index (χ4v) is 1.78. The summed E-state index contributed by atoms with van der Waals surface area (Å²) in [4.78, 5) is 6.04. The van der Waals surface area contributed by atoms with Crippen LogP contribution in [0.1, 0.15) is 6.42 Å². The van der Waals surface area contributed by atoms with Crippen LogP contribution in [-0.2, 0) is 0 Å². The molecule has 0 amide bonds. The number of nitrogen functional groups attached to an aromatic ring is 1. The number of rotatable bonds is 4. The predicted octanol–water partition coefficient (Wildman–Crippen LogP) is 2.72. The van der Waals surface area contributed by atoms with Crippen molar-refractivity contribution in [2.45, 2.75) is 6.42 Å². The summed E-state index contributed by atoms with van der Waals surface area (Å²) < 4.78 is 0. The molecule has 0 radical (unpaired) electrons. The standard InChI is InChI=1S/C14H14N4/c15-8-4-10-18(12-5-2-1-3-6-12)13-7-9-17-14(16)11-13/h1-3,5-7,9,11H,4,10H2,(H2,16,17). The van der Waals surface area contributed by atoms with Crippen molar-refractivity contribution in [2.75, 3.05) is 17.2 Å². The van der Waals surface area contributed by atoms with Gasteiger partial charge in [-0.05, 0) is 18.2 Å². The number of para-hydroxylation sites is 1. The van der Waals surface area contributed by atoms with Crippen molar-refractivity contribution in [3.8, 4) is 6.07 Å². The molecule has 1 heterocycles. The smallest absolute Gasteiger partial charge is 0.125 e. The van der Waals surface area contributed by atoms with Crippen molar-refractivity contribution < 1.29 is 0 Å². The van der Waals surface area contributed by atoms with E-state index in [9.17, 15) is 0 Å². The van der Waals surface area contributed by atoms with E-state index in [0.29, 0.717) is 18.8 Å². The molecule has 0 aliphatic carbocycles. The molecule has 0 saturated heterocycles. The number of benzene rings is 1. The van der Waals surface area contributed by atoms with Crippen LogP contribution in [0.15, 0.2) is 48.7 Å². The summed E-state index contributed by atoms with van der Waals surface area (Å²) in [6, 6.07) is 15.8. The lowest BCUT2D eigenvalue weighted by molar-refractivity contribution is 0.947. The zero-order chi connectivity index (χ0) is 12.8. The number of hydrogen-bond donors (Lipinski definition) is 1. The number of anilines is 3. The Bertz CT molecular complexity index is 545. The number of pyridine rings is 1. The van der Waals surface area contributed by atoms with Crippen LogP contribution in [0.5, 0.6) is 0 Å². The number of aromatic nitrogens is 1. The van der Waals surface area contributed by atoms with Crippen LogP contribution < -0.4 is 10.6 Å². The molecule has 4 nitrogen and oxygen atoms in total. The Morgan fingerprint density at radius 2 is 1.94 bits per heavy atom. The molecule has 18 heavy (non-hydrogen) atoms. The van der Waals surface area contributed by atoms with Gasteiger partial charge in [-0.3, -0.25) is 0 Å². The highest BCUT2D eigenvalue weighted by Gasteiger charge is 2.08. The minimum Gasteiger partial charge on any atom is -0.384 e. The molecule has 0 saturated carbocycles. The lowest BCUT2D eigenvalue weighted by Gasteiger charge is -2.24. The van der Waals surface area contributed by atoms with Crippen molar-refractivity contribution in [3.05, 3.63) is 48.7 Å². The van der Waals surface area contributed by atoms with Gasteiger partial charge in [0.05, 0.1) is 12.5 Å². The third-order valence-corrected chi connectivity index (χ3v) is 2.59. The summed E-state index contributed by atoms with van der Waals surface area (Å²) in [7, 11) is 0. The molecule has 4 heteroatoms. The first-order valence-electron chi connectivity index (χ1n) is 5.72. The second-order valence-electron chi connectivity index (χ2n) is 3.83. The Kier molecular flexibility index (Phi) is 3.77. The molecule has 0 bridgehead atoms. The number of hydrogen-bond acceptors (Lipinski definition) is 4. The second-order valence-corrected chi connectivity index (χ2v) is 3.83. The van der Waals surface area contributed by atoms with Gasteiger partial charge in [-0.1, -0.05) is 18.2 Å². The molecule has 0 atom stereocenters. The van der Waals surface area contributed by atoms with Crippen molar-refractivity contribution in [3.63, 3.8) is 0 Å². The number of nitriles is 1.